The maximum absolute atomic E-state index is 5.32. The number of rotatable bonds is 7. The lowest BCUT2D eigenvalue weighted by Gasteiger charge is -2.09. The summed E-state index contributed by atoms with van der Waals surface area (Å²) in [7, 11) is 3.26. The summed E-state index contributed by atoms with van der Waals surface area (Å²) in [5.41, 5.74) is 1.10. The van der Waals surface area contributed by atoms with Crippen molar-refractivity contribution in [2.45, 2.75) is 13.1 Å². The van der Waals surface area contributed by atoms with Gasteiger partial charge in [-0.15, -0.1) is 11.3 Å². The van der Waals surface area contributed by atoms with Crippen molar-refractivity contribution in [1.82, 2.24) is 14.8 Å². The lowest BCUT2D eigenvalue weighted by Crippen LogP contribution is -2.00. The van der Waals surface area contributed by atoms with Crippen LogP contribution < -0.4 is 14.8 Å². The fraction of sp³-hybridized carbons (Fsp3) is 0.250. The number of aromatic nitrogens is 3. The molecule has 0 saturated carbocycles. The molecule has 6 nitrogen and oxygen atoms in total. The minimum atomic E-state index is 0.667. The van der Waals surface area contributed by atoms with Crippen molar-refractivity contribution in [3.8, 4) is 11.5 Å². The molecule has 0 aliphatic carbocycles. The molecule has 3 rings (SSSR count). The molecule has 0 unspecified atom stereocenters. The third-order valence-corrected chi connectivity index (χ3v) is 4.71. The van der Waals surface area contributed by atoms with Crippen LogP contribution >= 0.6 is 27.3 Å². The molecule has 3 aromatic rings. The van der Waals surface area contributed by atoms with Gasteiger partial charge in [-0.2, -0.15) is 5.10 Å². The second kappa shape index (κ2) is 7.67. The SMILES string of the molecule is COc1ccc(CNc2ncc(Cn3cc(Br)cn3)s2)cc1OC. The summed E-state index contributed by atoms with van der Waals surface area (Å²) < 4.78 is 13.4. The van der Waals surface area contributed by atoms with Gasteiger partial charge in [0.25, 0.3) is 0 Å². The number of anilines is 1. The molecule has 24 heavy (non-hydrogen) atoms. The van der Waals surface area contributed by atoms with Crippen LogP contribution in [0.5, 0.6) is 11.5 Å². The van der Waals surface area contributed by atoms with Gasteiger partial charge in [0.1, 0.15) is 0 Å². The molecule has 0 atom stereocenters. The summed E-state index contributed by atoms with van der Waals surface area (Å²) in [6.45, 7) is 1.38. The molecule has 8 heteroatoms. The zero-order chi connectivity index (χ0) is 16.9. The number of hydrogen-bond acceptors (Lipinski definition) is 6. The Morgan fingerprint density at radius 2 is 2.04 bits per heavy atom. The van der Waals surface area contributed by atoms with Crippen molar-refractivity contribution in [1.29, 1.82) is 0 Å². The number of thiazole rings is 1. The van der Waals surface area contributed by atoms with Crippen molar-refractivity contribution < 1.29 is 9.47 Å². The molecule has 0 saturated heterocycles. The first-order chi connectivity index (χ1) is 11.7. The average molecular weight is 409 g/mol. The summed E-state index contributed by atoms with van der Waals surface area (Å²) in [4.78, 5) is 5.55. The highest BCUT2D eigenvalue weighted by Crippen LogP contribution is 2.28. The van der Waals surface area contributed by atoms with Gasteiger partial charge in [0.15, 0.2) is 16.6 Å². The zero-order valence-corrected chi connectivity index (χ0v) is 15.7. The van der Waals surface area contributed by atoms with E-state index in [-0.39, 0.29) is 0 Å². The number of nitrogens with one attached hydrogen (secondary N) is 1. The maximum Gasteiger partial charge on any atom is 0.183 e. The maximum atomic E-state index is 5.32. The van der Waals surface area contributed by atoms with E-state index in [1.54, 1.807) is 31.8 Å². The predicted molar refractivity (Wildman–Crippen MR) is 98.0 cm³/mol. The van der Waals surface area contributed by atoms with E-state index in [4.69, 9.17) is 9.47 Å². The molecule has 2 aromatic heterocycles. The molecule has 0 amide bonds. The van der Waals surface area contributed by atoms with Crippen LogP contribution in [0.2, 0.25) is 0 Å². The summed E-state index contributed by atoms with van der Waals surface area (Å²) in [5, 5.41) is 8.47. The fourth-order valence-electron chi connectivity index (χ4n) is 2.22. The molecular weight excluding hydrogens is 392 g/mol. The van der Waals surface area contributed by atoms with Crippen LogP contribution in [0, 0.1) is 0 Å². The van der Waals surface area contributed by atoms with Crippen molar-refractivity contribution >= 4 is 32.4 Å². The van der Waals surface area contributed by atoms with E-state index in [1.807, 2.05) is 35.3 Å². The Hall–Kier alpha value is -2.06. The highest BCUT2D eigenvalue weighted by atomic mass is 79.9. The lowest BCUT2D eigenvalue weighted by molar-refractivity contribution is 0.354. The van der Waals surface area contributed by atoms with E-state index < -0.39 is 0 Å². The third-order valence-electron chi connectivity index (χ3n) is 3.36. The third kappa shape index (κ3) is 4.07. The van der Waals surface area contributed by atoms with Crippen LogP contribution in [-0.4, -0.2) is 29.0 Å². The van der Waals surface area contributed by atoms with Gasteiger partial charge in [-0.25, -0.2) is 4.98 Å². The molecule has 0 radical (unpaired) electrons. The Morgan fingerprint density at radius 1 is 1.21 bits per heavy atom. The first-order valence-electron chi connectivity index (χ1n) is 7.25. The molecule has 1 N–H and O–H groups in total. The van der Waals surface area contributed by atoms with Crippen LogP contribution in [0.15, 0.2) is 41.3 Å². The summed E-state index contributed by atoms with van der Waals surface area (Å²) >= 11 is 5.02. The number of nitrogens with zero attached hydrogens (tertiary/aromatic N) is 3. The minimum absolute atomic E-state index is 0.667. The standard InChI is InChI=1S/C16H17BrN4O2S/c1-22-14-4-3-11(5-15(14)23-2)6-18-16-19-8-13(24-16)10-21-9-12(17)7-20-21/h3-5,7-9H,6,10H2,1-2H3,(H,18,19). The van der Waals surface area contributed by atoms with Crippen LogP contribution in [0.25, 0.3) is 0 Å². The highest BCUT2D eigenvalue weighted by molar-refractivity contribution is 9.10. The van der Waals surface area contributed by atoms with E-state index in [1.165, 1.54) is 0 Å². The largest absolute Gasteiger partial charge is 0.493 e. The smallest absolute Gasteiger partial charge is 0.183 e. The predicted octanol–water partition coefficient (Wildman–Crippen LogP) is 3.78. The molecule has 0 spiro atoms. The molecule has 0 aliphatic heterocycles. The Morgan fingerprint density at radius 3 is 2.75 bits per heavy atom. The minimum Gasteiger partial charge on any atom is -0.493 e. The number of halogens is 1. The van der Waals surface area contributed by atoms with Crippen molar-refractivity contribution in [3.63, 3.8) is 0 Å². The monoisotopic (exact) mass is 408 g/mol. The fourth-order valence-corrected chi connectivity index (χ4v) is 3.34. The van der Waals surface area contributed by atoms with Gasteiger partial charge in [0.2, 0.25) is 0 Å². The van der Waals surface area contributed by atoms with Crippen molar-refractivity contribution in [2.75, 3.05) is 19.5 Å². The lowest BCUT2D eigenvalue weighted by atomic mass is 10.2. The summed E-state index contributed by atoms with van der Waals surface area (Å²) in [5.74, 6) is 1.45. The summed E-state index contributed by atoms with van der Waals surface area (Å²) in [6.07, 6.45) is 5.59. The Labute approximate surface area is 152 Å². The molecule has 126 valence electrons. The van der Waals surface area contributed by atoms with Gasteiger partial charge >= 0.3 is 0 Å². The summed E-state index contributed by atoms with van der Waals surface area (Å²) in [6, 6.07) is 5.87. The second-order valence-corrected chi connectivity index (χ2v) is 7.06. The van der Waals surface area contributed by atoms with E-state index in [0.717, 1.165) is 31.5 Å². The van der Waals surface area contributed by atoms with Crippen LogP contribution in [0.4, 0.5) is 5.13 Å². The van der Waals surface area contributed by atoms with Crippen LogP contribution in [0.3, 0.4) is 0 Å². The molecule has 1 aromatic carbocycles. The Balaban J connectivity index is 1.61. The Bertz CT molecular complexity index is 818. The topological polar surface area (TPSA) is 61.2 Å². The highest BCUT2D eigenvalue weighted by Gasteiger charge is 2.07. The zero-order valence-electron chi connectivity index (χ0n) is 13.3. The van der Waals surface area contributed by atoms with E-state index in [0.29, 0.717) is 13.1 Å². The molecule has 0 aliphatic rings. The van der Waals surface area contributed by atoms with Gasteiger partial charge in [0.05, 0.1) is 31.4 Å². The number of methoxy groups -OCH3 is 2. The Kier molecular flexibility index (Phi) is 5.37. The quantitative estimate of drug-likeness (QED) is 0.644. The molecule has 0 bridgehead atoms. The van der Waals surface area contributed by atoms with Gasteiger partial charge in [-0.3, -0.25) is 4.68 Å². The molecular formula is C16H17BrN4O2S. The molecule has 0 fully saturated rings. The van der Waals surface area contributed by atoms with Gasteiger partial charge < -0.3 is 14.8 Å². The van der Waals surface area contributed by atoms with Gasteiger partial charge in [-0.05, 0) is 33.6 Å². The van der Waals surface area contributed by atoms with Crippen LogP contribution in [-0.2, 0) is 13.1 Å². The van der Waals surface area contributed by atoms with Gasteiger partial charge in [0, 0.05) is 23.8 Å². The van der Waals surface area contributed by atoms with Crippen molar-refractivity contribution in [2.24, 2.45) is 0 Å². The van der Waals surface area contributed by atoms with Crippen molar-refractivity contribution in [3.05, 3.63) is 51.7 Å². The number of ether oxygens (including phenoxy) is 2. The van der Waals surface area contributed by atoms with Crippen LogP contribution in [0.1, 0.15) is 10.4 Å². The average Bonchev–Trinajstić information content (AvgIpc) is 3.21. The number of benzene rings is 1. The van der Waals surface area contributed by atoms with Gasteiger partial charge in [-0.1, -0.05) is 6.07 Å². The number of hydrogen-bond donors (Lipinski definition) is 1. The molecule has 2 heterocycles. The first-order valence-corrected chi connectivity index (χ1v) is 8.86. The normalized spacial score (nSPS) is 10.6. The van der Waals surface area contributed by atoms with E-state index >= 15 is 0 Å². The second-order valence-electron chi connectivity index (χ2n) is 5.03. The van der Waals surface area contributed by atoms with E-state index in [9.17, 15) is 0 Å². The first kappa shape index (κ1) is 16.8. The van der Waals surface area contributed by atoms with E-state index in [2.05, 4.69) is 31.3 Å².